The number of hydrogen-bond acceptors (Lipinski definition) is 4. The first-order chi connectivity index (χ1) is 10.9. The summed E-state index contributed by atoms with van der Waals surface area (Å²) in [6.07, 6.45) is 3.49. The summed E-state index contributed by atoms with van der Waals surface area (Å²) in [6, 6.07) is 8.22. The van der Waals surface area contributed by atoms with E-state index in [0.717, 1.165) is 0 Å². The maximum Gasteiger partial charge on any atom is 0.258 e. The first-order valence-corrected chi connectivity index (χ1v) is 8.36. The van der Waals surface area contributed by atoms with Gasteiger partial charge in [-0.25, -0.2) is 4.98 Å². The summed E-state index contributed by atoms with van der Waals surface area (Å²) in [5.74, 6) is -0.509. The van der Waals surface area contributed by atoms with Crippen LogP contribution in [0.5, 0.6) is 0 Å². The van der Waals surface area contributed by atoms with Gasteiger partial charge in [0.15, 0.2) is 0 Å². The van der Waals surface area contributed by atoms with E-state index in [1.807, 2.05) is 6.26 Å². The number of rotatable bonds is 4. The van der Waals surface area contributed by atoms with Crippen molar-refractivity contribution in [3.05, 3.63) is 52.7 Å². The molecule has 7 heteroatoms. The number of nitrogens with zero attached hydrogens (tertiary/aromatic N) is 2. The van der Waals surface area contributed by atoms with Crippen LogP contribution in [-0.4, -0.2) is 42.0 Å². The maximum absolute atomic E-state index is 12.4. The van der Waals surface area contributed by atoms with Gasteiger partial charge in [0.2, 0.25) is 0 Å². The molecule has 0 saturated carbocycles. The molecule has 2 rings (SSSR count). The highest BCUT2D eigenvalue weighted by molar-refractivity contribution is 7.98. The zero-order valence-electron chi connectivity index (χ0n) is 13.0. The number of nitrogens with one attached hydrogen (secondary N) is 1. The van der Waals surface area contributed by atoms with E-state index in [2.05, 4.69) is 10.3 Å². The lowest BCUT2D eigenvalue weighted by Crippen LogP contribution is -2.22. The summed E-state index contributed by atoms with van der Waals surface area (Å²) in [6.45, 7) is 0. The third-order valence-electron chi connectivity index (χ3n) is 3.07. The lowest BCUT2D eigenvalue weighted by Gasteiger charge is -2.13. The zero-order chi connectivity index (χ0) is 17.0. The fourth-order valence-corrected chi connectivity index (χ4v) is 2.68. The number of halogens is 1. The molecule has 0 bridgehead atoms. The SMILES string of the molecule is CSc1ncccc1C(=O)Nc1ccc(Cl)c(C(=O)N(C)C)c1. The number of hydrogen-bond donors (Lipinski definition) is 1. The average molecular weight is 350 g/mol. The molecule has 0 fully saturated rings. The molecule has 1 N–H and O–H groups in total. The molecule has 120 valence electrons. The van der Waals surface area contributed by atoms with E-state index in [4.69, 9.17) is 11.6 Å². The number of benzene rings is 1. The van der Waals surface area contributed by atoms with Crippen LogP contribution >= 0.6 is 23.4 Å². The summed E-state index contributed by atoms with van der Waals surface area (Å²) in [5, 5.41) is 3.76. The molecule has 1 aromatic carbocycles. The average Bonchev–Trinajstić information content (AvgIpc) is 2.55. The number of amides is 2. The summed E-state index contributed by atoms with van der Waals surface area (Å²) in [4.78, 5) is 30.1. The molecule has 1 heterocycles. The van der Waals surface area contributed by atoms with Crippen LogP contribution in [-0.2, 0) is 0 Å². The fourth-order valence-electron chi connectivity index (χ4n) is 1.93. The van der Waals surface area contributed by atoms with Crippen molar-refractivity contribution in [2.24, 2.45) is 0 Å². The number of thioether (sulfide) groups is 1. The van der Waals surface area contributed by atoms with Crippen molar-refractivity contribution < 1.29 is 9.59 Å². The van der Waals surface area contributed by atoms with Crippen molar-refractivity contribution in [1.82, 2.24) is 9.88 Å². The number of anilines is 1. The molecule has 2 amide bonds. The Morgan fingerprint density at radius 3 is 2.61 bits per heavy atom. The molecule has 2 aromatic rings. The van der Waals surface area contributed by atoms with E-state index in [-0.39, 0.29) is 11.8 Å². The van der Waals surface area contributed by atoms with Crippen LogP contribution in [0.4, 0.5) is 5.69 Å². The second-order valence-electron chi connectivity index (χ2n) is 4.91. The van der Waals surface area contributed by atoms with Gasteiger partial charge in [-0.2, -0.15) is 0 Å². The van der Waals surface area contributed by atoms with Crippen LogP contribution in [0.15, 0.2) is 41.6 Å². The highest BCUT2D eigenvalue weighted by Gasteiger charge is 2.16. The van der Waals surface area contributed by atoms with Crippen LogP contribution in [0.1, 0.15) is 20.7 Å². The second-order valence-corrected chi connectivity index (χ2v) is 6.11. The van der Waals surface area contributed by atoms with Crippen LogP contribution in [0.25, 0.3) is 0 Å². The van der Waals surface area contributed by atoms with E-state index in [1.54, 1.807) is 50.6 Å². The van der Waals surface area contributed by atoms with Crippen molar-refractivity contribution in [2.75, 3.05) is 25.7 Å². The van der Waals surface area contributed by atoms with Gasteiger partial charge in [0.25, 0.3) is 11.8 Å². The van der Waals surface area contributed by atoms with Gasteiger partial charge < -0.3 is 10.2 Å². The molecule has 0 spiro atoms. The van der Waals surface area contributed by atoms with Crippen molar-refractivity contribution in [1.29, 1.82) is 0 Å². The minimum atomic E-state index is -0.284. The Morgan fingerprint density at radius 2 is 1.96 bits per heavy atom. The van der Waals surface area contributed by atoms with Crippen molar-refractivity contribution in [3.8, 4) is 0 Å². The quantitative estimate of drug-likeness (QED) is 0.859. The third-order valence-corrected chi connectivity index (χ3v) is 4.11. The monoisotopic (exact) mass is 349 g/mol. The normalized spacial score (nSPS) is 10.3. The number of pyridine rings is 1. The maximum atomic E-state index is 12.4. The first-order valence-electron chi connectivity index (χ1n) is 6.75. The minimum absolute atomic E-state index is 0.225. The highest BCUT2D eigenvalue weighted by atomic mass is 35.5. The summed E-state index contributed by atoms with van der Waals surface area (Å²) in [5.41, 5.74) is 1.32. The molecule has 1 aromatic heterocycles. The van der Waals surface area contributed by atoms with E-state index in [1.165, 1.54) is 16.7 Å². The van der Waals surface area contributed by atoms with E-state index >= 15 is 0 Å². The largest absolute Gasteiger partial charge is 0.345 e. The zero-order valence-corrected chi connectivity index (χ0v) is 14.5. The molecule has 23 heavy (non-hydrogen) atoms. The van der Waals surface area contributed by atoms with Gasteiger partial charge in [-0.3, -0.25) is 9.59 Å². The van der Waals surface area contributed by atoms with Gasteiger partial charge in [-0.15, -0.1) is 11.8 Å². The van der Waals surface area contributed by atoms with Crippen molar-refractivity contribution in [3.63, 3.8) is 0 Å². The standard InChI is InChI=1S/C16H16ClN3O2S/c1-20(2)16(22)12-9-10(6-7-13(12)17)19-14(21)11-5-4-8-18-15(11)23-3/h4-9H,1-3H3,(H,19,21). The van der Waals surface area contributed by atoms with Gasteiger partial charge in [0.1, 0.15) is 5.03 Å². The Labute approximate surface area is 144 Å². The summed E-state index contributed by atoms with van der Waals surface area (Å²) in [7, 11) is 3.29. The van der Waals surface area contributed by atoms with Crippen LogP contribution in [0.3, 0.4) is 0 Å². The van der Waals surface area contributed by atoms with Gasteiger partial charge in [-0.05, 0) is 36.6 Å². The van der Waals surface area contributed by atoms with E-state index in [0.29, 0.717) is 26.9 Å². The van der Waals surface area contributed by atoms with Crippen molar-refractivity contribution in [2.45, 2.75) is 5.03 Å². The van der Waals surface area contributed by atoms with Crippen LogP contribution in [0.2, 0.25) is 5.02 Å². The minimum Gasteiger partial charge on any atom is -0.345 e. The molecular formula is C16H16ClN3O2S. The molecule has 0 saturated heterocycles. The summed E-state index contributed by atoms with van der Waals surface area (Å²) < 4.78 is 0. The Hall–Kier alpha value is -2.05. The second kappa shape index (κ2) is 7.48. The predicted molar refractivity (Wildman–Crippen MR) is 93.4 cm³/mol. The summed E-state index contributed by atoms with van der Waals surface area (Å²) >= 11 is 7.46. The smallest absolute Gasteiger partial charge is 0.258 e. The molecule has 0 aliphatic carbocycles. The lowest BCUT2D eigenvalue weighted by atomic mass is 10.1. The molecule has 0 atom stereocenters. The lowest BCUT2D eigenvalue weighted by molar-refractivity contribution is 0.0827. The topological polar surface area (TPSA) is 62.3 Å². The molecule has 0 aliphatic rings. The Morgan fingerprint density at radius 1 is 1.22 bits per heavy atom. The number of carbonyl (C=O) groups excluding carboxylic acids is 2. The molecule has 0 aliphatic heterocycles. The predicted octanol–water partition coefficient (Wildman–Crippen LogP) is 3.41. The molecule has 0 radical (unpaired) electrons. The Kier molecular flexibility index (Phi) is 5.63. The highest BCUT2D eigenvalue weighted by Crippen LogP contribution is 2.23. The number of aromatic nitrogens is 1. The molecule has 0 unspecified atom stereocenters. The Bertz CT molecular complexity index is 750. The van der Waals surface area contributed by atoms with E-state index < -0.39 is 0 Å². The van der Waals surface area contributed by atoms with Gasteiger partial charge in [0.05, 0.1) is 16.1 Å². The van der Waals surface area contributed by atoms with Gasteiger partial charge in [0, 0.05) is 26.0 Å². The van der Waals surface area contributed by atoms with E-state index in [9.17, 15) is 9.59 Å². The van der Waals surface area contributed by atoms with Gasteiger partial charge in [-0.1, -0.05) is 11.6 Å². The molecular weight excluding hydrogens is 334 g/mol. The van der Waals surface area contributed by atoms with Gasteiger partial charge >= 0.3 is 0 Å². The fraction of sp³-hybridized carbons (Fsp3) is 0.188. The van der Waals surface area contributed by atoms with Crippen LogP contribution in [0, 0.1) is 0 Å². The number of carbonyl (C=O) groups is 2. The van der Waals surface area contributed by atoms with Crippen LogP contribution < -0.4 is 5.32 Å². The third kappa shape index (κ3) is 4.03. The first kappa shape index (κ1) is 17.3. The van der Waals surface area contributed by atoms with Crippen molar-refractivity contribution >= 4 is 40.9 Å². The molecule has 5 nitrogen and oxygen atoms in total. The Balaban J connectivity index is 2.28.